The first-order valence-corrected chi connectivity index (χ1v) is 4.17. The van der Waals surface area contributed by atoms with Crippen LogP contribution in [-0.2, 0) is 7.05 Å². The molecule has 0 unspecified atom stereocenters. The zero-order chi connectivity index (χ0) is 9.46. The quantitative estimate of drug-likeness (QED) is 0.541. The van der Waals surface area contributed by atoms with Gasteiger partial charge in [-0.2, -0.15) is 0 Å². The van der Waals surface area contributed by atoms with Crippen LogP contribution in [0.1, 0.15) is 30.9 Å². The van der Waals surface area contributed by atoms with Crippen LogP contribution in [0, 0.1) is 17.4 Å². The first kappa shape index (κ1) is 9.50. The number of aromatic nitrogens is 1. The van der Waals surface area contributed by atoms with E-state index in [-0.39, 0.29) is 0 Å². The summed E-state index contributed by atoms with van der Waals surface area (Å²) in [6.45, 7) is 6.26. The third-order valence-electron chi connectivity index (χ3n) is 2.36. The van der Waals surface area contributed by atoms with Crippen LogP contribution in [0.25, 0.3) is 0 Å². The fraction of sp³-hybridized carbons (Fsp3) is 0.556. The van der Waals surface area contributed by atoms with Gasteiger partial charge in [-0.3, -0.25) is 0 Å². The van der Waals surface area contributed by atoms with Crippen LogP contribution in [0.4, 0.5) is 0 Å². The Morgan fingerprint density at radius 1 is 1.17 bits per heavy atom. The molecule has 0 saturated carbocycles. The first-order chi connectivity index (χ1) is 5.46. The van der Waals surface area contributed by atoms with Gasteiger partial charge in [-0.05, 0) is 0 Å². The van der Waals surface area contributed by atoms with E-state index >= 15 is 0 Å². The minimum atomic E-state index is 0.438. The molecule has 1 aromatic heterocycles. The molecule has 0 spiro atoms. The standard InChI is InChI=1S/C9H13B2N/c1-5(2)7-6(3)8(10)12(4)9(7)11/h5H,1-4H3. The Hall–Kier alpha value is -0.590. The van der Waals surface area contributed by atoms with E-state index in [0.717, 1.165) is 16.0 Å². The molecule has 0 N–H and O–H groups in total. The summed E-state index contributed by atoms with van der Waals surface area (Å²) in [7, 11) is 13.6. The number of hydrogen-bond donors (Lipinski definition) is 0. The third-order valence-corrected chi connectivity index (χ3v) is 2.36. The van der Waals surface area contributed by atoms with Crippen LogP contribution in [0.5, 0.6) is 0 Å². The SMILES string of the molecule is [B]=c1c(C)c(C(C)C)c(=[B])n1C. The van der Waals surface area contributed by atoms with Crippen molar-refractivity contribution in [2.75, 3.05) is 0 Å². The second kappa shape index (κ2) is 3.04. The van der Waals surface area contributed by atoms with E-state index in [1.807, 2.05) is 18.5 Å². The molecule has 0 aliphatic heterocycles. The van der Waals surface area contributed by atoms with Gasteiger partial charge in [-0.15, -0.1) is 0 Å². The molecule has 2 radical (unpaired) electrons. The molecule has 0 aliphatic rings. The van der Waals surface area contributed by atoms with Crippen molar-refractivity contribution in [3.05, 3.63) is 21.6 Å². The Labute approximate surface area is 75.6 Å². The van der Waals surface area contributed by atoms with Crippen molar-refractivity contribution < 1.29 is 0 Å². The topological polar surface area (TPSA) is 4.93 Å². The van der Waals surface area contributed by atoms with Gasteiger partial charge in [-0.25, -0.2) is 0 Å². The van der Waals surface area contributed by atoms with E-state index in [2.05, 4.69) is 13.8 Å². The summed E-state index contributed by atoms with van der Waals surface area (Å²) in [6.07, 6.45) is 0. The molecule has 1 nitrogen and oxygen atoms in total. The van der Waals surface area contributed by atoms with Gasteiger partial charge in [0, 0.05) is 0 Å². The van der Waals surface area contributed by atoms with Crippen molar-refractivity contribution in [1.29, 1.82) is 0 Å². The molecule has 3 heteroatoms. The molecule has 0 bridgehead atoms. The summed E-state index contributed by atoms with van der Waals surface area (Å²) in [4.78, 5) is 0. The monoisotopic (exact) mass is 157 g/mol. The normalized spacial score (nSPS) is 10.9. The van der Waals surface area contributed by atoms with Crippen molar-refractivity contribution in [2.24, 2.45) is 7.05 Å². The van der Waals surface area contributed by atoms with Gasteiger partial charge in [0.1, 0.15) is 0 Å². The minimum absolute atomic E-state index is 0.438. The Balaban J connectivity index is 3.61. The maximum absolute atomic E-state index is 5.89. The van der Waals surface area contributed by atoms with Crippen LogP contribution in [0.3, 0.4) is 0 Å². The van der Waals surface area contributed by atoms with Crippen molar-refractivity contribution in [2.45, 2.75) is 26.7 Å². The summed E-state index contributed by atoms with van der Waals surface area (Å²) >= 11 is 0. The third kappa shape index (κ3) is 1.21. The van der Waals surface area contributed by atoms with Crippen molar-refractivity contribution >= 4 is 15.0 Å². The van der Waals surface area contributed by atoms with E-state index < -0.39 is 0 Å². The van der Waals surface area contributed by atoms with Gasteiger partial charge in [0.15, 0.2) is 0 Å². The molecular weight excluding hydrogens is 144 g/mol. The first-order valence-electron chi connectivity index (χ1n) is 4.17. The summed E-state index contributed by atoms with van der Waals surface area (Å²) in [5.41, 5.74) is 2.29. The molecule has 1 aromatic rings. The Morgan fingerprint density at radius 2 is 1.67 bits per heavy atom. The van der Waals surface area contributed by atoms with Crippen LogP contribution in [0.15, 0.2) is 0 Å². The summed E-state index contributed by atoms with van der Waals surface area (Å²) in [5.74, 6) is 0.438. The zero-order valence-corrected chi connectivity index (χ0v) is 8.18. The molecule has 0 aromatic carbocycles. The Kier molecular flexibility index (Phi) is 2.41. The fourth-order valence-electron chi connectivity index (χ4n) is 1.62. The molecule has 12 heavy (non-hydrogen) atoms. The predicted octanol–water partition coefficient (Wildman–Crippen LogP) is 1.30. The summed E-state index contributed by atoms with van der Waals surface area (Å²) in [6, 6.07) is 0. The molecule has 0 saturated heterocycles. The van der Waals surface area contributed by atoms with Crippen molar-refractivity contribution in [3.63, 3.8) is 0 Å². The predicted molar refractivity (Wildman–Crippen MR) is 53.4 cm³/mol. The van der Waals surface area contributed by atoms with Gasteiger partial charge in [-0.1, -0.05) is 0 Å². The Morgan fingerprint density at radius 3 is 1.83 bits per heavy atom. The van der Waals surface area contributed by atoms with Gasteiger partial charge in [0.05, 0.1) is 0 Å². The van der Waals surface area contributed by atoms with E-state index in [0.29, 0.717) is 5.92 Å². The second-order valence-electron chi connectivity index (χ2n) is 3.52. The van der Waals surface area contributed by atoms with Gasteiger partial charge >= 0.3 is 74.9 Å². The van der Waals surface area contributed by atoms with E-state index in [9.17, 15) is 0 Å². The maximum atomic E-state index is 5.89. The second-order valence-corrected chi connectivity index (χ2v) is 3.52. The van der Waals surface area contributed by atoms with E-state index in [1.54, 1.807) is 0 Å². The number of nitrogens with zero attached hydrogens (tertiary/aromatic N) is 1. The molecule has 1 rings (SSSR count). The average molecular weight is 157 g/mol. The van der Waals surface area contributed by atoms with Crippen LogP contribution >= 0.6 is 0 Å². The molecule has 1 heterocycles. The Bertz CT molecular complexity index is 390. The fourth-order valence-corrected chi connectivity index (χ4v) is 1.62. The van der Waals surface area contributed by atoms with Crippen molar-refractivity contribution in [1.82, 2.24) is 4.57 Å². The molecule has 0 atom stereocenters. The molecule has 60 valence electrons. The van der Waals surface area contributed by atoms with Crippen LogP contribution < -0.4 is 0 Å². The van der Waals surface area contributed by atoms with E-state index in [1.165, 1.54) is 5.56 Å². The number of rotatable bonds is 1. The molecule has 0 amide bonds. The van der Waals surface area contributed by atoms with Gasteiger partial charge in [0.25, 0.3) is 0 Å². The van der Waals surface area contributed by atoms with Gasteiger partial charge in [0.2, 0.25) is 0 Å². The molecule has 0 fully saturated rings. The van der Waals surface area contributed by atoms with Crippen molar-refractivity contribution in [3.8, 4) is 0 Å². The average Bonchev–Trinajstić information content (AvgIpc) is 2.16. The van der Waals surface area contributed by atoms with Gasteiger partial charge < -0.3 is 0 Å². The van der Waals surface area contributed by atoms with Crippen LogP contribution in [-0.4, -0.2) is 19.5 Å². The van der Waals surface area contributed by atoms with Crippen LogP contribution in [0.2, 0.25) is 0 Å². The molecular formula is C9H13B2N. The summed E-state index contributed by atoms with van der Waals surface area (Å²) < 4.78 is 1.84. The number of hydrogen-bond acceptors (Lipinski definition) is 0. The zero-order valence-electron chi connectivity index (χ0n) is 8.18. The summed E-state index contributed by atoms with van der Waals surface area (Å²) in [5, 5.41) is 1.57. The molecule has 0 aliphatic carbocycles. The van der Waals surface area contributed by atoms with E-state index in [4.69, 9.17) is 15.0 Å².